The van der Waals surface area contributed by atoms with Gasteiger partial charge in [-0.2, -0.15) is 4.98 Å². The van der Waals surface area contributed by atoms with Crippen molar-refractivity contribution in [2.75, 3.05) is 13.7 Å². The number of benzene rings is 2. The Hall–Kier alpha value is -3.06. The molecule has 0 spiro atoms. The molecule has 0 fully saturated rings. The maximum Gasteiger partial charge on any atom is 0.267 e. The second kappa shape index (κ2) is 9.93. The fraction of sp³-hybridized carbons (Fsp3) is 0.286. The van der Waals surface area contributed by atoms with Crippen LogP contribution in [0.5, 0.6) is 11.5 Å². The molecule has 0 saturated carbocycles. The molecule has 0 N–H and O–H groups in total. The van der Waals surface area contributed by atoms with Crippen molar-refractivity contribution >= 4 is 17.8 Å². The SMILES string of the molecule is COc1cc(/C=N\OCc2nc(-c3cccc(Cl)c3)no2)ccc1OCC(C)C. The van der Waals surface area contributed by atoms with Gasteiger partial charge in [0.2, 0.25) is 5.82 Å². The molecular weight excluding hydrogens is 394 g/mol. The first-order chi connectivity index (χ1) is 14.0. The summed E-state index contributed by atoms with van der Waals surface area (Å²) in [6.45, 7) is 4.85. The zero-order valence-electron chi connectivity index (χ0n) is 16.5. The van der Waals surface area contributed by atoms with Crippen LogP contribution in [0.25, 0.3) is 11.4 Å². The minimum absolute atomic E-state index is 0.0524. The highest BCUT2D eigenvalue weighted by Crippen LogP contribution is 2.28. The van der Waals surface area contributed by atoms with Gasteiger partial charge in [-0.15, -0.1) is 0 Å². The molecule has 0 atom stereocenters. The van der Waals surface area contributed by atoms with Crippen LogP contribution in [-0.2, 0) is 11.4 Å². The lowest BCUT2D eigenvalue weighted by molar-refractivity contribution is 0.107. The summed E-state index contributed by atoms with van der Waals surface area (Å²) in [5, 5.41) is 8.46. The van der Waals surface area contributed by atoms with Crippen LogP contribution in [0.3, 0.4) is 0 Å². The van der Waals surface area contributed by atoms with Crippen LogP contribution in [0, 0.1) is 5.92 Å². The van der Waals surface area contributed by atoms with E-state index in [1.54, 1.807) is 25.5 Å². The molecular formula is C21H22ClN3O4. The van der Waals surface area contributed by atoms with Crippen molar-refractivity contribution in [1.29, 1.82) is 0 Å². The molecule has 1 aromatic heterocycles. The Balaban J connectivity index is 1.56. The average Bonchev–Trinajstić information content (AvgIpc) is 3.19. The summed E-state index contributed by atoms with van der Waals surface area (Å²) >= 11 is 5.98. The largest absolute Gasteiger partial charge is 0.493 e. The third-order valence-corrected chi connectivity index (χ3v) is 4.01. The van der Waals surface area contributed by atoms with Gasteiger partial charge in [0.05, 0.1) is 19.9 Å². The molecule has 3 rings (SSSR count). The van der Waals surface area contributed by atoms with Crippen molar-refractivity contribution in [2.24, 2.45) is 11.1 Å². The fourth-order valence-electron chi connectivity index (χ4n) is 2.39. The van der Waals surface area contributed by atoms with Gasteiger partial charge in [0.25, 0.3) is 5.89 Å². The highest BCUT2D eigenvalue weighted by molar-refractivity contribution is 6.30. The molecule has 8 heteroatoms. The first-order valence-electron chi connectivity index (χ1n) is 9.10. The second-order valence-electron chi connectivity index (χ2n) is 6.65. The predicted octanol–water partition coefficient (Wildman–Crippen LogP) is 4.98. The molecule has 0 radical (unpaired) electrons. The van der Waals surface area contributed by atoms with Gasteiger partial charge >= 0.3 is 0 Å². The lowest BCUT2D eigenvalue weighted by atomic mass is 10.2. The number of hydrogen-bond donors (Lipinski definition) is 0. The number of oxime groups is 1. The highest BCUT2D eigenvalue weighted by atomic mass is 35.5. The summed E-state index contributed by atoms with van der Waals surface area (Å²) in [6.07, 6.45) is 1.57. The summed E-state index contributed by atoms with van der Waals surface area (Å²) in [4.78, 5) is 9.52. The number of rotatable bonds is 9. The number of hydrogen-bond acceptors (Lipinski definition) is 7. The molecule has 7 nitrogen and oxygen atoms in total. The maximum absolute atomic E-state index is 5.98. The van der Waals surface area contributed by atoms with Gasteiger partial charge in [-0.05, 0) is 36.2 Å². The van der Waals surface area contributed by atoms with Crippen LogP contribution in [0.15, 0.2) is 52.1 Å². The third-order valence-electron chi connectivity index (χ3n) is 3.78. The van der Waals surface area contributed by atoms with Crippen LogP contribution >= 0.6 is 11.6 Å². The van der Waals surface area contributed by atoms with E-state index in [2.05, 4.69) is 29.1 Å². The van der Waals surface area contributed by atoms with Gasteiger partial charge in [0.15, 0.2) is 18.1 Å². The van der Waals surface area contributed by atoms with Crippen LogP contribution in [0.2, 0.25) is 5.02 Å². The van der Waals surface area contributed by atoms with Gasteiger partial charge in [-0.1, -0.05) is 47.9 Å². The molecule has 0 saturated heterocycles. The molecule has 0 unspecified atom stereocenters. The Morgan fingerprint density at radius 2 is 2.03 bits per heavy atom. The van der Waals surface area contributed by atoms with E-state index in [4.69, 9.17) is 30.4 Å². The van der Waals surface area contributed by atoms with Crippen LogP contribution in [-0.4, -0.2) is 30.1 Å². The Labute approximate surface area is 174 Å². The van der Waals surface area contributed by atoms with E-state index in [1.807, 2.05) is 30.3 Å². The Kier molecular flexibility index (Phi) is 7.08. The average molecular weight is 416 g/mol. The summed E-state index contributed by atoms with van der Waals surface area (Å²) in [5.41, 5.74) is 1.58. The molecule has 0 aliphatic rings. The molecule has 0 amide bonds. The maximum atomic E-state index is 5.98. The topological polar surface area (TPSA) is 79.0 Å². The molecule has 0 bridgehead atoms. The van der Waals surface area contributed by atoms with Crippen molar-refractivity contribution in [3.63, 3.8) is 0 Å². The Morgan fingerprint density at radius 3 is 2.79 bits per heavy atom. The van der Waals surface area contributed by atoms with Crippen molar-refractivity contribution in [3.05, 3.63) is 58.9 Å². The lowest BCUT2D eigenvalue weighted by Crippen LogP contribution is -2.05. The molecule has 0 aliphatic heterocycles. The quantitative estimate of drug-likeness (QED) is 0.362. The van der Waals surface area contributed by atoms with Gasteiger partial charge in [-0.3, -0.25) is 0 Å². The van der Waals surface area contributed by atoms with E-state index in [9.17, 15) is 0 Å². The van der Waals surface area contributed by atoms with Crippen LogP contribution < -0.4 is 9.47 Å². The van der Waals surface area contributed by atoms with Gasteiger partial charge in [0.1, 0.15) is 0 Å². The first kappa shape index (κ1) is 20.7. The van der Waals surface area contributed by atoms with Crippen molar-refractivity contribution in [1.82, 2.24) is 10.1 Å². The summed E-state index contributed by atoms with van der Waals surface area (Å²) in [7, 11) is 1.60. The second-order valence-corrected chi connectivity index (χ2v) is 7.08. The monoisotopic (exact) mass is 415 g/mol. The molecule has 2 aromatic carbocycles. The van der Waals surface area contributed by atoms with E-state index < -0.39 is 0 Å². The van der Waals surface area contributed by atoms with Gasteiger partial charge in [-0.25, -0.2) is 0 Å². The minimum atomic E-state index is 0.0524. The lowest BCUT2D eigenvalue weighted by Gasteiger charge is -2.12. The molecule has 0 aliphatic carbocycles. The molecule has 152 valence electrons. The smallest absolute Gasteiger partial charge is 0.267 e. The van der Waals surface area contributed by atoms with Crippen molar-refractivity contribution in [2.45, 2.75) is 20.5 Å². The summed E-state index contributed by atoms with van der Waals surface area (Å²) in [6, 6.07) is 12.8. The molecule has 3 aromatic rings. The van der Waals surface area contributed by atoms with Gasteiger partial charge in [0, 0.05) is 16.1 Å². The van der Waals surface area contributed by atoms with Crippen LogP contribution in [0.1, 0.15) is 25.3 Å². The third kappa shape index (κ3) is 5.96. The number of methoxy groups -OCH3 is 1. The normalized spacial score (nSPS) is 11.2. The molecule has 1 heterocycles. The van der Waals surface area contributed by atoms with Gasteiger partial charge < -0.3 is 18.8 Å². The van der Waals surface area contributed by atoms with Crippen molar-refractivity contribution in [3.8, 4) is 22.9 Å². The first-order valence-corrected chi connectivity index (χ1v) is 9.47. The number of nitrogens with zero attached hydrogens (tertiary/aromatic N) is 3. The fourth-order valence-corrected chi connectivity index (χ4v) is 2.58. The van der Waals surface area contributed by atoms with E-state index in [-0.39, 0.29) is 6.61 Å². The zero-order chi connectivity index (χ0) is 20.6. The molecule has 29 heavy (non-hydrogen) atoms. The summed E-state index contributed by atoms with van der Waals surface area (Å²) < 4.78 is 16.3. The number of ether oxygens (including phenoxy) is 2. The number of halogens is 1. The van der Waals surface area contributed by atoms with Crippen molar-refractivity contribution < 1.29 is 18.8 Å². The Morgan fingerprint density at radius 1 is 1.17 bits per heavy atom. The van der Waals surface area contributed by atoms with E-state index >= 15 is 0 Å². The van der Waals surface area contributed by atoms with E-state index in [0.717, 1.165) is 11.1 Å². The summed E-state index contributed by atoms with van der Waals surface area (Å²) in [5.74, 6) is 2.51. The standard InChI is InChI=1S/C21H22ClN3O4/c1-14(2)12-27-18-8-7-15(9-19(18)26-3)11-23-28-13-20-24-21(25-29-20)16-5-4-6-17(22)10-16/h4-11,14H,12-13H2,1-3H3/b23-11-. The van der Waals surface area contributed by atoms with E-state index in [0.29, 0.717) is 40.8 Å². The predicted molar refractivity (Wildman–Crippen MR) is 110 cm³/mol. The van der Waals surface area contributed by atoms with Crippen LogP contribution in [0.4, 0.5) is 0 Å². The minimum Gasteiger partial charge on any atom is -0.493 e. The number of aromatic nitrogens is 2. The van der Waals surface area contributed by atoms with E-state index in [1.165, 1.54) is 0 Å². The highest BCUT2D eigenvalue weighted by Gasteiger charge is 2.09. The Bertz CT molecular complexity index is 972. The zero-order valence-corrected chi connectivity index (χ0v) is 17.2.